The summed E-state index contributed by atoms with van der Waals surface area (Å²) in [6.07, 6.45) is 0.289. The van der Waals surface area contributed by atoms with Gasteiger partial charge < -0.3 is 20.5 Å². The summed E-state index contributed by atoms with van der Waals surface area (Å²) in [5.74, 6) is -1.29. The van der Waals surface area contributed by atoms with Gasteiger partial charge in [-0.05, 0) is 6.42 Å². The van der Waals surface area contributed by atoms with Crippen molar-refractivity contribution in [1.82, 2.24) is 4.90 Å². The predicted octanol–water partition coefficient (Wildman–Crippen LogP) is -1.35. The molecule has 1 aliphatic heterocycles. The molecular formula is C8H14N2O4. The number of carboxylic acid groups (broad SMARTS) is 1. The van der Waals surface area contributed by atoms with Crippen LogP contribution in [0.15, 0.2) is 0 Å². The molecule has 0 aliphatic carbocycles. The third-order valence-electron chi connectivity index (χ3n) is 2.35. The highest BCUT2D eigenvalue weighted by molar-refractivity contribution is 5.83. The van der Waals surface area contributed by atoms with E-state index in [1.54, 1.807) is 0 Å². The van der Waals surface area contributed by atoms with Gasteiger partial charge in [-0.1, -0.05) is 0 Å². The van der Waals surface area contributed by atoms with Crippen LogP contribution in [0.4, 0.5) is 0 Å². The number of amides is 1. The van der Waals surface area contributed by atoms with Crippen molar-refractivity contribution in [2.24, 2.45) is 5.73 Å². The number of methoxy groups -OCH3 is 1. The monoisotopic (exact) mass is 202 g/mol. The number of carbonyl (C=O) groups is 2. The maximum atomic E-state index is 11.3. The molecule has 1 amide bonds. The van der Waals surface area contributed by atoms with E-state index < -0.39 is 11.5 Å². The van der Waals surface area contributed by atoms with E-state index in [4.69, 9.17) is 10.8 Å². The van der Waals surface area contributed by atoms with Crippen molar-refractivity contribution < 1.29 is 19.4 Å². The van der Waals surface area contributed by atoms with E-state index in [2.05, 4.69) is 4.74 Å². The maximum absolute atomic E-state index is 11.3. The van der Waals surface area contributed by atoms with E-state index >= 15 is 0 Å². The lowest BCUT2D eigenvalue weighted by Crippen LogP contribution is -2.50. The molecule has 3 N–H and O–H groups in total. The maximum Gasteiger partial charge on any atom is 0.325 e. The number of hydrogen-bond acceptors (Lipinski definition) is 4. The molecule has 0 aromatic rings. The van der Waals surface area contributed by atoms with Crippen molar-refractivity contribution in [3.63, 3.8) is 0 Å². The van der Waals surface area contributed by atoms with Crippen LogP contribution in [0.2, 0.25) is 0 Å². The second kappa shape index (κ2) is 3.93. The fourth-order valence-corrected chi connectivity index (χ4v) is 1.44. The molecule has 1 fully saturated rings. The zero-order chi connectivity index (χ0) is 10.8. The van der Waals surface area contributed by atoms with Crippen LogP contribution in [0.5, 0.6) is 0 Å². The molecule has 0 spiro atoms. The largest absolute Gasteiger partial charge is 0.480 e. The average Bonchev–Trinajstić information content (AvgIpc) is 2.50. The Morgan fingerprint density at radius 2 is 2.29 bits per heavy atom. The lowest BCUT2D eigenvalue weighted by Gasteiger charge is -2.19. The van der Waals surface area contributed by atoms with E-state index in [1.165, 1.54) is 12.0 Å². The summed E-state index contributed by atoms with van der Waals surface area (Å²) in [6, 6.07) is 0. The SMILES string of the molecule is COCC(=O)N1CC[C@@](N)(C(=O)O)C1. The smallest absolute Gasteiger partial charge is 0.325 e. The van der Waals surface area contributed by atoms with Gasteiger partial charge in [0, 0.05) is 20.2 Å². The van der Waals surface area contributed by atoms with Gasteiger partial charge >= 0.3 is 5.97 Å². The van der Waals surface area contributed by atoms with Gasteiger partial charge in [0.15, 0.2) is 0 Å². The molecule has 14 heavy (non-hydrogen) atoms. The molecule has 0 saturated carbocycles. The summed E-state index contributed by atoms with van der Waals surface area (Å²) < 4.78 is 4.67. The molecule has 80 valence electrons. The molecule has 1 aliphatic rings. The standard InChI is InChI=1S/C8H14N2O4/c1-14-4-6(11)10-3-2-8(9,5-10)7(12)13/h2-5,9H2,1H3,(H,12,13)/t8-/m0/s1. The highest BCUT2D eigenvalue weighted by Crippen LogP contribution is 2.18. The summed E-state index contributed by atoms with van der Waals surface area (Å²) in [7, 11) is 1.42. The molecule has 1 heterocycles. The zero-order valence-electron chi connectivity index (χ0n) is 8.02. The van der Waals surface area contributed by atoms with Crippen LogP contribution in [-0.2, 0) is 14.3 Å². The third-order valence-corrected chi connectivity index (χ3v) is 2.35. The molecule has 1 rings (SSSR count). The van der Waals surface area contributed by atoms with Crippen LogP contribution in [0.25, 0.3) is 0 Å². The Kier molecular flexibility index (Phi) is 3.07. The summed E-state index contributed by atoms with van der Waals surface area (Å²) in [5, 5.41) is 8.81. The summed E-state index contributed by atoms with van der Waals surface area (Å²) in [5.41, 5.74) is 4.30. The van der Waals surface area contributed by atoms with Crippen molar-refractivity contribution in [2.45, 2.75) is 12.0 Å². The van der Waals surface area contributed by atoms with Gasteiger partial charge in [-0.2, -0.15) is 0 Å². The van der Waals surface area contributed by atoms with Crippen molar-refractivity contribution >= 4 is 11.9 Å². The topological polar surface area (TPSA) is 92.9 Å². The Labute approximate surface area is 81.6 Å². The first-order valence-corrected chi connectivity index (χ1v) is 4.28. The minimum atomic E-state index is -1.29. The minimum absolute atomic E-state index is 0.0320. The third kappa shape index (κ3) is 2.02. The quantitative estimate of drug-likeness (QED) is 0.590. The molecule has 0 bridgehead atoms. The van der Waals surface area contributed by atoms with Gasteiger partial charge in [-0.25, -0.2) is 0 Å². The molecule has 6 nitrogen and oxygen atoms in total. The van der Waals surface area contributed by atoms with Crippen molar-refractivity contribution in [3.8, 4) is 0 Å². The van der Waals surface area contributed by atoms with Gasteiger partial charge in [-0.15, -0.1) is 0 Å². The lowest BCUT2D eigenvalue weighted by molar-refractivity contribution is -0.143. The Hall–Kier alpha value is -1.14. The first-order valence-electron chi connectivity index (χ1n) is 4.28. The molecule has 0 unspecified atom stereocenters. The van der Waals surface area contributed by atoms with Crippen LogP contribution < -0.4 is 5.73 Å². The van der Waals surface area contributed by atoms with E-state index in [9.17, 15) is 9.59 Å². The summed E-state index contributed by atoms with van der Waals surface area (Å²) >= 11 is 0. The molecule has 6 heteroatoms. The Balaban J connectivity index is 2.56. The molecule has 0 aromatic carbocycles. The molecular weight excluding hydrogens is 188 g/mol. The number of carbonyl (C=O) groups excluding carboxylic acids is 1. The fraction of sp³-hybridized carbons (Fsp3) is 0.750. The van der Waals surface area contributed by atoms with Gasteiger partial charge in [-0.3, -0.25) is 9.59 Å². The van der Waals surface area contributed by atoms with Crippen LogP contribution in [0.3, 0.4) is 0 Å². The summed E-state index contributed by atoms with van der Waals surface area (Å²) in [6.45, 7) is 0.408. The van der Waals surface area contributed by atoms with Crippen LogP contribution in [0.1, 0.15) is 6.42 Å². The second-order valence-corrected chi connectivity index (χ2v) is 3.46. The molecule has 0 aromatic heterocycles. The Bertz CT molecular complexity index is 256. The number of nitrogens with zero attached hydrogens (tertiary/aromatic N) is 1. The highest BCUT2D eigenvalue weighted by Gasteiger charge is 2.42. The first kappa shape index (κ1) is 10.9. The normalized spacial score (nSPS) is 26.6. The molecule has 1 saturated heterocycles. The number of aliphatic carboxylic acids is 1. The van der Waals surface area contributed by atoms with Crippen LogP contribution in [-0.4, -0.2) is 54.2 Å². The van der Waals surface area contributed by atoms with E-state index in [-0.39, 0.29) is 25.5 Å². The van der Waals surface area contributed by atoms with Gasteiger partial charge in [0.25, 0.3) is 0 Å². The van der Waals surface area contributed by atoms with Gasteiger partial charge in [0.1, 0.15) is 12.1 Å². The Morgan fingerprint density at radius 1 is 1.64 bits per heavy atom. The molecule has 1 atom stereocenters. The molecule has 0 radical (unpaired) electrons. The van der Waals surface area contributed by atoms with Crippen molar-refractivity contribution in [2.75, 3.05) is 26.8 Å². The fourth-order valence-electron chi connectivity index (χ4n) is 1.44. The van der Waals surface area contributed by atoms with E-state index in [0.717, 1.165) is 0 Å². The number of rotatable bonds is 3. The number of likely N-dealkylation sites (tertiary alicyclic amines) is 1. The number of carboxylic acids is 1. The van der Waals surface area contributed by atoms with E-state index in [0.29, 0.717) is 6.54 Å². The average molecular weight is 202 g/mol. The number of hydrogen-bond donors (Lipinski definition) is 2. The number of nitrogens with two attached hydrogens (primary N) is 1. The lowest BCUT2D eigenvalue weighted by atomic mass is 10.0. The van der Waals surface area contributed by atoms with Crippen LogP contribution >= 0.6 is 0 Å². The summed E-state index contributed by atoms with van der Waals surface area (Å²) in [4.78, 5) is 23.5. The predicted molar refractivity (Wildman–Crippen MR) is 47.6 cm³/mol. The van der Waals surface area contributed by atoms with Gasteiger partial charge in [0.05, 0.1) is 0 Å². The Morgan fingerprint density at radius 3 is 2.71 bits per heavy atom. The van der Waals surface area contributed by atoms with Crippen molar-refractivity contribution in [3.05, 3.63) is 0 Å². The minimum Gasteiger partial charge on any atom is -0.480 e. The second-order valence-electron chi connectivity index (χ2n) is 3.46. The van der Waals surface area contributed by atoms with Crippen molar-refractivity contribution in [1.29, 1.82) is 0 Å². The van der Waals surface area contributed by atoms with Crippen LogP contribution in [0, 0.1) is 0 Å². The first-order chi connectivity index (χ1) is 6.49. The number of ether oxygens (including phenoxy) is 1. The van der Waals surface area contributed by atoms with E-state index in [1.807, 2.05) is 0 Å². The van der Waals surface area contributed by atoms with Gasteiger partial charge in [0.2, 0.25) is 5.91 Å². The highest BCUT2D eigenvalue weighted by atomic mass is 16.5. The zero-order valence-corrected chi connectivity index (χ0v) is 8.02.